The molecule has 150 valence electrons. The summed E-state index contributed by atoms with van der Waals surface area (Å²) < 4.78 is 35.4. The van der Waals surface area contributed by atoms with Crippen LogP contribution >= 0.6 is 12.2 Å². The first kappa shape index (κ1) is 20.5. The van der Waals surface area contributed by atoms with Crippen molar-refractivity contribution in [3.8, 4) is 11.5 Å². The van der Waals surface area contributed by atoms with E-state index in [1.54, 1.807) is 12.1 Å². The van der Waals surface area contributed by atoms with Crippen LogP contribution in [0.2, 0.25) is 0 Å². The normalized spacial score (nSPS) is 14.1. The highest BCUT2D eigenvalue weighted by Gasteiger charge is 2.26. The number of carbonyl (C=O) groups excluding carboxylic acids is 2. The van der Waals surface area contributed by atoms with Gasteiger partial charge in [-0.25, -0.2) is 0 Å². The van der Waals surface area contributed by atoms with Gasteiger partial charge in [0.1, 0.15) is 10.5 Å². The molecule has 0 aliphatic carbocycles. The van der Waals surface area contributed by atoms with E-state index >= 15 is 0 Å². The quantitative estimate of drug-likeness (QED) is 0.320. The van der Waals surface area contributed by atoms with Crippen molar-refractivity contribution in [3.05, 3.63) is 59.2 Å². The minimum absolute atomic E-state index is 0.00265. The van der Waals surface area contributed by atoms with Gasteiger partial charge in [0.15, 0.2) is 16.6 Å². The molecule has 1 saturated heterocycles. The minimum atomic E-state index is -4.06. The smallest absolute Gasteiger partial charge is 0.339 e. The number of methoxy groups -OCH3 is 1. The predicted molar refractivity (Wildman–Crippen MR) is 109 cm³/mol. The van der Waals surface area contributed by atoms with E-state index in [1.165, 1.54) is 43.5 Å². The molecule has 1 aliphatic rings. The molecule has 2 amide bonds. The Kier molecular flexibility index (Phi) is 5.66. The van der Waals surface area contributed by atoms with Crippen molar-refractivity contribution in [1.82, 2.24) is 10.6 Å². The lowest BCUT2D eigenvalue weighted by atomic mass is 10.1. The molecule has 1 fully saturated rings. The van der Waals surface area contributed by atoms with Crippen molar-refractivity contribution in [3.63, 3.8) is 0 Å². The Morgan fingerprint density at radius 1 is 0.966 bits per heavy atom. The van der Waals surface area contributed by atoms with E-state index < -0.39 is 21.9 Å². The second kappa shape index (κ2) is 8.02. The third-order valence-corrected chi connectivity index (χ3v) is 5.40. The van der Waals surface area contributed by atoms with Crippen LogP contribution in [0, 0.1) is 6.92 Å². The molecule has 1 aliphatic heterocycles. The van der Waals surface area contributed by atoms with Gasteiger partial charge in [0, 0.05) is 0 Å². The van der Waals surface area contributed by atoms with Crippen molar-refractivity contribution in [1.29, 1.82) is 0 Å². The molecule has 29 heavy (non-hydrogen) atoms. The van der Waals surface area contributed by atoms with Gasteiger partial charge < -0.3 is 8.92 Å². The predicted octanol–water partition coefficient (Wildman–Crippen LogP) is 1.69. The van der Waals surface area contributed by atoms with E-state index in [4.69, 9.17) is 21.1 Å². The van der Waals surface area contributed by atoms with Crippen molar-refractivity contribution >= 4 is 45.3 Å². The highest BCUT2D eigenvalue weighted by Crippen LogP contribution is 2.31. The van der Waals surface area contributed by atoms with Gasteiger partial charge in [0.05, 0.1) is 7.11 Å². The molecule has 3 rings (SSSR count). The maximum Gasteiger partial charge on any atom is 0.339 e. The van der Waals surface area contributed by atoms with Gasteiger partial charge in [-0.1, -0.05) is 23.8 Å². The molecule has 10 heteroatoms. The third-order valence-electron chi connectivity index (χ3n) is 3.95. The molecule has 0 atom stereocenters. The average Bonchev–Trinajstić information content (AvgIpc) is 2.65. The van der Waals surface area contributed by atoms with E-state index in [2.05, 4.69) is 10.6 Å². The van der Waals surface area contributed by atoms with Crippen molar-refractivity contribution in [2.24, 2.45) is 0 Å². The van der Waals surface area contributed by atoms with E-state index in [9.17, 15) is 18.0 Å². The number of nitrogens with one attached hydrogen (secondary N) is 2. The van der Waals surface area contributed by atoms with Gasteiger partial charge in [-0.3, -0.25) is 20.2 Å². The SMILES string of the molecule is COc1cc(C=C2C(=O)NC(=S)NC2=O)ccc1OS(=O)(=O)c1ccc(C)cc1. The van der Waals surface area contributed by atoms with Crippen molar-refractivity contribution in [2.75, 3.05) is 7.11 Å². The van der Waals surface area contributed by atoms with Gasteiger partial charge in [-0.2, -0.15) is 8.42 Å². The lowest BCUT2D eigenvalue weighted by Crippen LogP contribution is -2.51. The first-order chi connectivity index (χ1) is 13.7. The maximum absolute atomic E-state index is 12.5. The Morgan fingerprint density at radius 2 is 1.59 bits per heavy atom. The zero-order valence-corrected chi connectivity index (χ0v) is 17.0. The molecular weight excluding hydrogens is 416 g/mol. The number of amides is 2. The first-order valence-electron chi connectivity index (χ1n) is 8.27. The summed E-state index contributed by atoms with van der Waals surface area (Å²) >= 11 is 4.75. The summed E-state index contributed by atoms with van der Waals surface area (Å²) in [4.78, 5) is 23.9. The zero-order chi connectivity index (χ0) is 21.2. The summed E-state index contributed by atoms with van der Waals surface area (Å²) in [5.41, 5.74) is 1.19. The second-order valence-electron chi connectivity index (χ2n) is 6.06. The van der Waals surface area contributed by atoms with Crippen LogP contribution in [0.25, 0.3) is 6.08 Å². The first-order valence-corrected chi connectivity index (χ1v) is 10.1. The minimum Gasteiger partial charge on any atom is -0.493 e. The fourth-order valence-corrected chi connectivity index (χ4v) is 3.61. The Hall–Kier alpha value is -3.24. The van der Waals surface area contributed by atoms with Crippen molar-refractivity contribution < 1.29 is 26.9 Å². The molecule has 2 aromatic rings. The maximum atomic E-state index is 12.5. The molecule has 2 N–H and O–H groups in total. The van der Waals surface area contributed by atoms with Crippen LogP contribution in [-0.2, 0) is 19.7 Å². The lowest BCUT2D eigenvalue weighted by molar-refractivity contribution is -0.123. The molecule has 0 spiro atoms. The van der Waals surface area contributed by atoms with Crippen molar-refractivity contribution in [2.45, 2.75) is 11.8 Å². The number of ether oxygens (including phenoxy) is 1. The van der Waals surface area contributed by atoms with Gasteiger partial charge in [-0.15, -0.1) is 0 Å². The highest BCUT2D eigenvalue weighted by molar-refractivity contribution is 7.87. The summed E-state index contributed by atoms with van der Waals surface area (Å²) in [7, 11) is -2.72. The van der Waals surface area contributed by atoms with Crippen LogP contribution in [0.3, 0.4) is 0 Å². The van der Waals surface area contributed by atoms with Gasteiger partial charge in [0.2, 0.25) is 0 Å². The van der Waals surface area contributed by atoms with E-state index in [0.29, 0.717) is 5.56 Å². The Labute approximate surface area is 172 Å². The Morgan fingerprint density at radius 3 is 2.17 bits per heavy atom. The molecule has 0 unspecified atom stereocenters. The number of rotatable bonds is 5. The number of thiocarbonyl (C=S) groups is 1. The Bertz CT molecular complexity index is 1120. The molecule has 8 nitrogen and oxygen atoms in total. The van der Waals surface area contributed by atoms with Gasteiger partial charge >= 0.3 is 10.1 Å². The fourth-order valence-electron chi connectivity index (χ4n) is 2.49. The van der Waals surface area contributed by atoms with E-state index in [1.807, 2.05) is 6.92 Å². The highest BCUT2D eigenvalue weighted by atomic mass is 32.2. The number of carbonyl (C=O) groups is 2. The fraction of sp³-hybridized carbons (Fsp3) is 0.105. The van der Waals surface area contributed by atoms with Crippen LogP contribution in [0.15, 0.2) is 52.9 Å². The van der Waals surface area contributed by atoms with Crippen LogP contribution in [0.4, 0.5) is 0 Å². The van der Waals surface area contributed by atoms with Crippen LogP contribution in [0.5, 0.6) is 11.5 Å². The number of aryl methyl sites for hydroxylation is 1. The number of hydrogen-bond acceptors (Lipinski definition) is 7. The number of benzene rings is 2. The summed E-state index contributed by atoms with van der Waals surface area (Å²) in [5.74, 6) is -1.20. The Balaban J connectivity index is 1.90. The monoisotopic (exact) mass is 432 g/mol. The zero-order valence-electron chi connectivity index (χ0n) is 15.4. The lowest BCUT2D eigenvalue weighted by Gasteiger charge is -2.16. The molecule has 0 aromatic heterocycles. The molecular formula is C19H16N2O6S2. The summed E-state index contributed by atoms with van der Waals surface area (Å²) in [5, 5.41) is 4.59. The van der Waals surface area contributed by atoms with Gasteiger partial charge in [0.25, 0.3) is 11.8 Å². The average molecular weight is 432 g/mol. The van der Waals surface area contributed by atoms with Gasteiger partial charge in [-0.05, 0) is 55.0 Å². The van der Waals surface area contributed by atoms with E-state index in [0.717, 1.165) is 5.56 Å². The third kappa shape index (κ3) is 4.61. The molecule has 2 aromatic carbocycles. The second-order valence-corrected chi connectivity index (χ2v) is 8.01. The van der Waals surface area contributed by atoms with Crippen LogP contribution < -0.4 is 19.6 Å². The number of hydrogen-bond donors (Lipinski definition) is 2. The molecule has 0 radical (unpaired) electrons. The molecule has 0 saturated carbocycles. The molecule has 1 heterocycles. The standard InChI is InChI=1S/C19H16N2O6S2/c1-11-3-6-13(7-4-11)29(24,25)27-15-8-5-12(10-16(15)26-2)9-14-17(22)20-19(28)21-18(14)23/h3-10H,1-2H3,(H2,20,21,22,23,28). The summed E-state index contributed by atoms with van der Waals surface area (Å²) in [6.45, 7) is 1.84. The topological polar surface area (TPSA) is 111 Å². The largest absolute Gasteiger partial charge is 0.493 e. The van der Waals surface area contributed by atoms with Crippen LogP contribution in [-0.4, -0.2) is 32.5 Å². The molecule has 0 bridgehead atoms. The summed E-state index contributed by atoms with van der Waals surface area (Å²) in [6, 6.07) is 10.5. The summed E-state index contributed by atoms with van der Waals surface area (Å²) in [6.07, 6.45) is 1.33. The van der Waals surface area contributed by atoms with E-state index in [-0.39, 0.29) is 27.1 Å². The van der Waals surface area contributed by atoms with Crippen LogP contribution in [0.1, 0.15) is 11.1 Å².